The Labute approximate surface area is 199 Å². The van der Waals surface area contributed by atoms with Gasteiger partial charge in [-0.25, -0.2) is 3.93 Å². The van der Waals surface area contributed by atoms with Gasteiger partial charge < -0.3 is 0 Å². The van der Waals surface area contributed by atoms with Crippen LogP contribution >= 0.6 is 32.1 Å². The summed E-state index contributed by atoms with van der Waals surface area (Å²) >= 11 is 6.13. The van der Waals surface area contributed by atoms with Crippen LogP contribution in [0.3, 0.4) is 0 Å². The summed E-state index contributed by atoms with van der Waals surface area (Å²) in [6, 6.07) is 6.50. The molecule has 1 fully saturated rings. The minimum Gasteiger partial charge on any atom is -0.274 e. The SMILES string of the molecule is Cc1cc(C#N)n(C(C)C)n1.Cc1nn(C(C)C)c(C#N)c1Br.O=C1CCC(=O)N1Br. The summed E-state index contributed by atoms with van der Waals surface area (Å²) in [6.07, 6.45) is 0.703. The topological polar surface area (TPSA) is 121 Å². The Morgan fingerprint density at radius 2 is 1.48 bits per heavy atom. The van der Waals surface area contributed by atoms with Gasteiger partial charge >= 0.3 is 0 Å². The van der Waals surface area contributed by atoms with Gasteiger partial charge in [0.1, 0.15) is 17.8 Å². The number of hydrogen-bond acceptors (Lipinski definition) is 6. The van der Waals surface area contributed by atoms with Crippen LogP contribution in [0.15, 0.2) is 10.5 Å². The van der Waals surface area contributed by atoms with E-state index >= 15 is 0 Å². The molecule has 3 rings (SSSR count). The van der Waals surface area contributed by atoms with E-state index in [-0.39, 0.29) is 23.9 Å². The molecule has 0 aromatic carbocycles. The Kier molecular flexibility index (Phi) is 10.1. The molecule has 0 saturated carbocycles. The molecule has 31 heavy (non-hydrogen) atoms. The minimum atomic E-state index is -0.144. The second-order valence-corrected chi connectivity index (χ2v) is 8.79. The van der Waals surface area contributed by atoms with Crippen molar-refractivity contribution in [2.75, 3.05) is 0 Å². The fourth-order valence-corrected chi connectivity index (χ4v) is 3.25. The first kappa shape index (κ1) is 26.5. The Hall–Kier alpha value is -2.50. The van der Waals surface area contributed by atoms with Crippen molar-refractivity contribution in [3.63, 3.8) is 0 Å². The molecule has 0 N–H and O–H groups in total. The maximum Gasteiger partial charge on any atom is 0.239 e. The zero-order valence-corrected chi connectivity index (χ0v) is 21.5. The van der Waals surface area contributed by atoms with E-state index in [1.54, 1.807) is 15.4 Å². The van der Waals surface area contributed by atoms with E-state index in [2.05, 4.69) is 54.4 Å². The van der Waals surface area contributed by atoms with Gasteiger partial charge in [-0.2, -0.15) is 20.7 Å². The summed E-state index contributed by atoms with van der Waals surface area (Å²) < 4.78 is 5.24. The van der Waals surface area contributed by atoms with E-state index in [9.17, 15) is 9.59 Å². The lowest BCUT2D eigenvalue weighted by Crippen LogP contribution is -2.16. The highest BCUT2D eigenvalue weighted by Gasteiger charge is 2.26. The normalized spacial score (nSPS) is 12.8. The second-order valence-electron chi connectivity index (χ2n) is 7.29. The van der Waals surface area contributed by atoms with Crippen LogP contribution in [0.5, 0.6) is 0 Å². The predicted molar refractivity (Wildman–Crippen MR) is 122 cm³/mol. The Morgan fingerprint density at radius 1 is 0.968 bits per heavy atom. The fraction of sp³-hybridized carbons (Fsp3) is 0.500. The number of rotatable bonds is 2. The summed E-state index contributed by atoms with van der Waals surface area (Å²) in [7, 11) is 0. The first-order valence-electron chi connectivity index (χ1n) is 9.57. The molecule has 2 aromatic rings. The zero-order valence-electron chi connectivity index (χ0n) is 18.3. The van der Waals surface area contributed by atoms with E-state index in [0.717, 1.165) is 19.8 Å². The van der Waals surface area contributed by atoms with Crippen LogP contribution in [0.2, 0.25) is 0 Å². The van der Waals surface area contributed by atoms with Gasteiger partial charge in [-0.05, 0) is 63.5 Å². The average Bonchev–Trinajstić information content (AvgIpc) is 3.34. The van der Waals surface area contributed by atoms with Gasteiger partial charge in [0.15, 0.2) is 5.69 Å². The molecule has 2 aromatic heterocycles. The van der Waals surface area contributed by atoms with Gasteiger partial charge in [0.2, 0.25) is 11.8 Å². The summed E-state index contributed by atoms with van der Waals surface area (Å²) in [5, 5.41) is 25.9. The van der Waals surface area contributed by atoms with E-state index in [1.165, 1.54) is 0 Å². The first-order chi connectivity index (χ1) is 14.4. The number of nitrogens with zero attached hydrogens (tertiary/aromatic N) is 7. The number of aromatic nitrogens is 4. The summed E-state index contributed by atoms with van der Waals surface area (Å²) in [5.41, 5.74) is 3.00. The molecule has 1 aliphatic rings. The van der Waals surface area contributed by atoms with E-state index < -0.39 is 0 Å². The van der Waals surface area contributed by atoms with Crippen LogP contribution in [0.25, 0.3) is 0 Å². The van der Waals surface area contributed by atoms with Crippen molar-refractivity contribution in [1.29, 1.82) is 10.5 Å². The van der Waals surface area contributed by atoms with Crippen molar-refractivity contribution in [3.05, 3.63) is 33.3 Å². The Bertz CT molecular complexity index is 1010. The zero-order chi connectivity index (χ0) is 23.9. The van der Waals surface area contributed by atoms with Crippen molar-refractivity contribution in [2.24, 2.45) is 0 Å². The number of carbonyl (C=O) groups excluding carboxylic acids is 2. The molecule has 2 amide bonds. The summed E-state index contributed by atoms with van der Waals surface area (Å²) in [6.45, 7) is 11.8. The van der Waals surface area contributed by atoms with E-state index in [1.807, 2.05) is 41.5 Å². The van der Waals surface area contributed by atoms with Crippen molar-refractivity contribution in [2.45, 2.75) is 66.5 Å². The molecule has 1 saturated heterocycles. The van der Waals surface area contributed by atoms with Gasteiger partial charge in [-0.1, -0.05) is 0 Å². The molecule has 0 unspecified atom stereocenters. The number of aryl methyl sites for hydroxylation is 2. The smallest absolute Gasteiger partial charge is 0.239 e. The number of halogens is 2. The minimum absolute atomic E-state index is 0.144. The average molecular weight is 555 g/mol. The number of hydrogen-bond donors (Lipinski definition) is 0. The largest absolute Gasteiger partial charge is 0.274 e. The maximum atomic E-state index is 10.4. The number of amides is 2. The Morgan fingerprint density at radius 3 is 1.77 bits per heavy atom. The summed E-state index contributed by atoms with van der Waals surface area (Å²) in [5.74, 6) is -0.287. The van der Waals surface area contributed by atoms with Crippen LogP contribution in [-0.4, -0.2) is 35.3 Å². The molecule has 0 radical (unpaired) electrons. The Balaban J connectivity index is 0.000000237. The van der Waals surface area contributed by atoms with Crippen LogP contribution in [0.4, 0.5) is 0 Å². The highest BCUT2D eigenvalue weighted by molar-refractivity contribution is 9.10. The van der Waals surface area contributed by atoms with Gasteiger partial charge in [-0.15, -0.1) is 0 Å². The quantitative estimate of drug-likeness (QED) is 0.398. The molecule has 0 aliphatic carbocycles. The van der Waals surface area contributed by atoms with Gasteiger partial charge in [0, 0.05) is 24.9 Å². The standard InChI is InChI=1S/C8H10BrN3.C8H11N3.C4H4BrNO2/c1-5(2)12-7(4-10)8(9)6(3)11-12;1-6(2)11-8(5-9)4-7(3)10-11;5-6-3(7)1-2-4(6)8/h5H,1-3H3;4,6H,1-3H3;1-2H2. The van der Waals surface area contributed by atoms with Crippen LogP contribution in [0.1, 0.15) is 75.4 Å². The fourth-order valence-electron chi connectivity index (χ4n) is 2.54. The third-order valence-electron chi connectivity index (χ3n) is 4.06. The third-order valence-corrected chi connectivity index (χ3v) is 5.80. The van der Waals surface area contributed by atoms with Crippen LogP contribution in [-0.2, 0) is 9.59 Å². The first-order valence-corrected chi connectivity index (χ1v) is 11.1. The van der Waals surface area contributed by atoms with Crippen molar-refractivity contribution < 1.29 is 9.59 Å². The highest BCUT2D eigenvalue weighted by Crippen LogP contribution is 2.22. The van der Waals surface area contributed by atoms with Crippen molar-refractivity contribution in [1.82, 2.24) is 23.5 Å². The van der Waals surface area contributed by atoms with Crippen molar-refractivity contribution >= 4 is 43.9 Å². The summed E-state index contributed by atoms with van der Waals surface area (Å²) in [4.78, 5) is 20.9. The van der Waals surface area contributed by atoms with E-state index in [4.69, 9.17) is 10.5 Å². The maximum absolute atomic E-state index is 10.4. The lowest BCUT2D eigenvalue weighted by molar-refractivity contribution is -0.131. The van der Waals surface area contributed by atoms with Crippen LogP contribution in [0, 0.1) is 36.5 Å². The molecule has 1 aliphatic heterocycles. The third kappa shape index (κ3) is 7.01. The second kappa shape index (κ2) is 11.8. The molecular weight excluding hydrogens is 530 g/mol. The molecule has 0 spiro atoms. The molecule has 9 nitrogen and oxygen atoms in total. The van der Waals surface area contributed by atoms with Gasteiger partial charge in [0.25, 0.3) is 0 Å². The number of nitriles is 2. The number of imide groups is 1. The molecule has 11 heteroatoms. The van der Waals surface area contributed by atoms with E-state index in [0.29, 0.717) is 24.2 Å². The molecule has 3 heterocycles. The lowest BCUT2D eigenvalue weighted by atomic mass is 10.3. The van der Waals surface area contributed by atoms with Gasteiger partial charge in [0.05, 0.1) is 32.0 Å². The van der Waals surface area contributed by atoms with Crippen LogP contribution < -0.4 is 0 Å². The predicted octanol–water partition coefficient (Wildman–Crippen LogP) is 4.50. The number of carbonyl (C=O) groups is 2. The van der Waals surface area contributed by atoms with Gasteiger partial charge in [-0.3, -0.25) is 19.0 Å². The molecule has 166 valence electrons. The lowest BCUT2D eigenvalue weighted by Gasteiger charge is -2.05. The monoisotopic (exact) mass is 553 g/mol. The molecule has 0 bridgehead atoms. The molecular formula is C20H25Br2N7O2. The van der Waals surface area contributed by atoms with Crippen molar-refractivity contribution in [3.8, 4) is 12.1 Å². The molecule has 0 atom stereocenters. The highest BCUT2D eigenvalue weighted by atomic mass is 79.9.